The normalized spacial score (nSPS) is 18.7. The first-order chi connectivity index (χ1) is 9.15. The zero-order valence-corrected chi connectivity index (χ0v) is 10.6. The zero-order chi connectivity index (χ0) is 13.8. The zero-order valence-electron chi connectivity index (χ0n) is 10.6. The van der Waals surface area contributed by atoms with Gasteiger partial charge in [0.2, 0.25) is 0 Å². The van der Waals surface area contributed by atoms with Crippen LogP contribution in [0.15, 0.2) is 18.2 Å². The summed E-state index contributed by atoms with van der Waals surface area (Å²) in [6, 6.07) is 7.09. The van der Waals surface area contributed by atoms with E-state index < -0.39 is 12.1 Å². The van der Waals surface area contributed by atoms with Crippen molar-refractivity contribution in [3.63, 3.8) is 0 Å². The first-order valence-electron chi connectivity index (χ1n) is 5.89. The summed E-state index contributed by atoms with van der Waals surface area (Å²) in [6.45, 7) is 1.62. The van der Waals surface area contributed by atoms with Crippen LogP contribution in [-0.4, -0.2) is 38.9 Å². The average Bonchev–Trinajstić information content (AvgIpc) is 2.46. The molecule has 0 radical (unpaired) electrons. The molecule has 2 N–H and O–H groups in total. The number of hydrogen-bond donors (Lipinski definition) is 1. The van der Waals surface area contributed by atoms with E-state index in [1.807, 2.05) is 4.90 Å². The summed E-state index contributed by atoms with van der Waals surface area (Å²) in [4.78, 5) is 13.4. The van der Waals surface area contributed by atoms with Crippen LogP contribution in [-0.2, 0) is 9.47 Å². The van der Waals surface area contributed by atoms with Gasteiger partial charge in [0, 0.05) is 6.54 Å². The van der Waals surface area contributed by atoms with Gasteiger partial charge in [-0.1, -0.05) is 0 Å². The average molecular weight is 261 g/mol. The number of carbonyl (C=O) groups is 1. The Labute approximate surface area is 111 Å². The fraction of sp³-hybridized carbons (Fsp3) is 0.385. The number of nitrogens with two attached hydrogens (primary N) is 1. The molecule has 2 rings (SSSR count). The molecule has 6 nitrogen and oxygen atoms in total. The third kappa shape index (κ3) is 2.77. The predicted molar refractivity (Wildman–Crippen MR) is 69.8 cm³/mol. The van der Waals surface area contributed by atoms with E-state index in [4.69, 9.17) is 15.7 Å². The van der Waals surface area contributed by atoms with Crippen molar-refractivity contribution in [2.45, 2.75) is 6.10 Å². The molecule has 1 heterocycles. The largest absolute Gasteiger partial charge is 0.465 e. The molecule has 0 bridgehead atoms. The monoisotopic (exact) mass is 261 g/mol. The molecular weight excluding hydrogens is 246 g/mol. The lowest BCUT2D eigenvalue weighted by Crippen LogP contribution is -2.42. The van der Waals surface area contributed by atoms with Gasteiger partial charge in [-0.05, 0) is 18.2 Å². The Balaban J connectivity index is 2.21. The van der Waals surface area contributed by atoms with Crippen molar-refractivity contribution in [3.8, 4) is 6.07 Å². The highest BCUT2D eigenvalue weighted by atomic mass is 16.5. The quantitative estimate of drug-likeness (QED) is 0.625. The predicted octanol–water partition coefficient (Wildman–Crippen LogP) is 0.784. The summed E-state index contributed by atoms with van der Waals surface area (Å²) >= 11 is 0. The van der Waals surface area contributed by atoms with E-state index >= 15 is 0 Å². The van der Waals surface area contributed by atoms with Crippen LogP contribution in [0.1, 0.15) is 10.4 Å². The van der Waals surface area contributed by atoms with Crippen LogP contribution in [0.3, 0.4) is 0 Å². The molecule has 1 aliphatic heterocycles. The minimum atomic E-state index is -0.451. The number of esters is 1. The molecular formula is C13H15N3O3. The number of benzene rings is 1. The van der Waals surface area contributed by atoms with Crippen LogP contribution in [0.5, 0.6) is 0 Å². The molecule has 1 fully saturated rings. The summed E-state index contributed by atoms with van der Waals surface area (Å²) in [5.74, 6) is -0.421. The van der Waals surface area contributed by atoms with E-state index in [1.165, 1.54) is 7.11 Å². The Bertz CT molecular complexity index is 524. The topological polar surface area (TPSA) is 88.6 Å². The van der Waals surface area contributed by atoms with Gasteiger partial charge >= 0.3 is 5.97 Å². The number of rotatable bonds is 2. The maximum Gasteiger partial charge on any atom is 0.337 e. The van der Waals surface area contributed by atoms with Crippen LogP contribution in [0.2, 0.25) is 0 Å². The molecule has 0 spiro atoms. The van der Waals surface area contributed by atoms with Gasteiger partial charge < -0.3 is 20.1 Å². The summed E-state index contributed by atoms with van der Waals surface area (Å²) in [5, 5.41) is 8.88. The molecule has 1 aromatic rings. The lowest BCUT2D eigenvalue weighted by molar-refractivity contribution is 0.0600. The highest BCUT2D eigenvalue weighted by Gasteiger charge is 2.22. The SMILES string of the molecule is COC(=O)c1ccc(N2CCOC(C#N)C2)c(N)c1. The Hall–Kier alpha value is -2.26. The van der Waals surface area contributed by atoms with Crippen molar-refractivity contribution in [1.29, 1.82) is 5.26 Å². The van der Waals surface area contributed by atoms with E-state index in [0.717, 1.165) is 5.69 Å². The lowest BCUT2D eigenvalue weighted by Gasteiger charge is -2.32. The number of morpholine rings is 1. The molecule has 1 aromatic carbocycles. The fourth-order valence-corrected chi connectivity index (χ4v) is 2.03. The van der Waals surface area contributed by atoms with Crippen molar-refractivity contribution in [2.75, 3.05) is 37.4 Å². The number of nitrogens with zero attached hydrogens (tertiary/aromatic N) is 2. The van der Waals surface area contributed by atoms with Crippen molar-refractivity contribution < 1.29 is 14.3 Å². The van der Waals surface area contributed by atoms with Crippen molar-refractivity contribution in [1.82, 2.24) is 0 Å². The summed E-state index contributed by atoms with van der Waals surface area (Å²) in [6.07, 6.45) is -0.451. The molecule has 1 unspecified atom stereocenters. The molecule has 0 aromatic heterocycles. The number of anilines is 2. The number of hydrogen-bond acceptors (Lipinski definition) is 6. The second kappa shape index (κ2) is 5.59. The molecule has 0 amide bonds. The maximum atomic E-state index is 11.4. The second-order valence-electron chi connectivity index (χ2n) is 4.20. The highest BCUT2D eigenvalue weighted by Crippen LogP contribution is 2.26. The van der Waals surface area contributed by atoms with Crippen molar-refractivity contribution >= 4 is 17.3 Å². The van der Waals surface area contributed by atoms with Gasteiger partial charge in [-0.25, -0.2) is 4.79 Å². The van der Waals surface area contributed by atoms with Gasteiger partial charge in [-0.15, -0.1) is 0 Å². The van der Waals surface area contributed by atoms with E-state index in [0.29, 0.717) is 30.9 Å². The van der Waals surface area contributed by atoms with E-state index in [2.05, 4.69) is 10.8 Å². The highest BCUT2D eigenvalue weighted by molar-refractivity contribution is 5.92. The third-order valence-electron chi connectivity index (χ3n) is 3.00. The molecule has 1 saturated heterocycles. The van der Waals surface area contributed by atoms with Gasteiger partial charge in [0.05, 0.1) is 43.3 Å². The molecule has 19 heavy (non-hydrogen) atoms. The summed E-state index contributed by atoms with van der Waals surface area (Å²) in [7, 11) is 1.33. The van der Waals surface area contributed by atoms with E-state index in [1.54, 1.807) is 18.2 Å². The van der Waals surface area contributed by atoms with Crippen LogP contribution in [0, 0.1) is 11.3 Å². The van der Waals surface area contributed by atoms with Crippen LogP contribution in [0.25, 0.3) is 0 Å². The first-order valence-corrected chi connectivity index (χ1v) is 5.89. The minimum absolute atomic E-state index is 0.411. The Morgan fingerprint density at radius 3 is 3.05 bits per heavy atom. The van der Waals surface area contributed by atoms with E-state index in [9.17, 15) is 4.79 Å². The smallest absolute Gasteiger partial charge is 0.337 e. The van der Waals surface area contributed by atoms with Crippen molar-refractivity contribution in [3.05, 3.63) is 23.8 Å². The van der Waals surface area contributed by atoms with Gasteiger partial charge in [0.25, 0.3) is 0 Å². The Morgan fingerprint density at radius 2 is 2.42 bits per heavy atom. The Kier molecular flexibility index (Phi) is 3.88. The molecule has 1 aliphatic rings. The number of nitrogen functional groups attached to an aromatic ring is 1. The Morgan fingerprint density at radius 1 is 1.63 bits per heavy atom. The van der Waals surface area contributed by atoms with Crippen LogP contribution in [0.4, 0.5) is 11.4 Å². The fourth-order valence-electron chi connectivity index (χ4n) is 2.03. The number of ether oxygens (including phenoxy) is 2. The molecule has 6 heteroatoms. The second-order valence-corrected chi connectivity index (χ2v) is 4.20. The third-order valence-corrected chi connectivity index (χ3v) is 3.00. The van der Waals surface area contributed by atoms with Crippen LogP contribution < -0.4 is 10.6 Å². The van der Waals surface area contributed by atoms with Gasteiger partial charge in [0.15, 0.2) is 6.10 Å². The lowest BCUT2D eigenvalue weighted by atomic mass is 10.1. The number of nitriles is 1. The van der Waals surface area contributed by atoms with Crippen LogP contribution >= 0.6 is 0 Å². The molecule has 0 aliphatic carbocycles. The number of methoxy groups -OCH3 is 1. The molecule has 0 saturated carbocycles. The first kappa shape index (κ1) is 13.2. The maximum absolute atomic E-state index is 11.4. The van der Waals surface area contributed by atoms with Gasteiger partial charge in [-0.3, -0.25) is 0 Å². The summed E-state index contributed by atoms with van der Waals surface area (Å²) in [5.41, 5.74) is 7.66. The molecule has 100 valence electrons. The molecule has 1 atom stereocenters. The van der Waals surface area contributed by atoms with Crippen molar-refractivity contribution in [2.24, 2.45) is 0 Å². The number of carbonyl (C=O) groups excluding carboxylic acids is 1. The standard InChI is InChI=1S/C13H15N3O3/c1-18-13(17)9-2-3-12(11(15)6-9)16-4-5-19-10(7-14)8-16/h2-3,6,10H,4-5,8,15H2,1H3. The summed E-state index contributed by atoms with van der Waals surface area (Å²) < 4.78 is 9.92. The van der Waals surface area contributed by atoms with E-state index in [-0.39, 0.29) is 0 Å². The van der Waals surface area contributed by atoms with Gasteiger partial charge in [-0.2, -0.15) is 5.26 Å². The minimum Gasteiger partial charge on any atom is -0.465 e. The van der Waals surface area contributed by atoms with Gasteiger partial charge in [0.1, 0.15) is 0 Å².